The van der Waals surface area contributed by atoms with Crippen LogP contribution in [-0.2, 0) is 9.53 Å². The third-order valence-corrected chi connectivity index (χ3v) is 5.13. The zero-order valence-corrected chi connectivity index (χ0v) is 14.1. The molecule has 5 atom stereocenters. The van der Waals surface area contributed by atoms with Crippen LogP contribution in [0.25, 0.3) is 0 Å². The molecule has 3 fully saturated rings. The predicted octanol–water partition coefficient (Wildman–Crippen LogP) is 2.69. The lowest BCUT2D eigenvalue weighted by Gasteiger charge is -2.39. The van der Waals surface area contributed by atoms with Crippen molar-refractivity contribution in [2.75, 3.05) is 0 Å². The van der Waals surface area contributed by atoms with E-state index in [0.717, 1.165) is 32.1 Å². The highest BCUT2D eigenvalue weighted by Crippen LogP contribution is 2.40. The van der Waals surface area contributed by atoms with Crippen molar-refractivity contribution in [3.05, 3.63) is 0 Å². The van der Waals surface area contributed by atoms with Gasteiger partial charge in [0.1, 0.15) is 5.60 Å². The summed E-state index contributed by atoms with van der Waals surface area (Å²) in [6, 6.07) is 0.655. The predicted molar refractivity (Wildman–Crippen MR) is 83.3 cm³/mol. The molecule has 3 rings (SSSR count). The van der Waals surface area contributed by atoms with Crippen molar-refractivity contribution in [2.45, 2.75) is 83.5 Å². The van der Waals surface area contributed by atoms with E-state index in [0.29, 0.717) is 5.92 Å². The summed E-state index contributed by atoms with van der Waals surface area (Å²) in [6.07, 6.45) is 4.60. The van der Waals surface area contributed by atoms with Gasteiger partial charge in [-0.15, -0.1) is 0 Å². The van der Waals surface area contributed by atoms with E-state index in [-0.39, 0.29) is 36.0 Å². The number of carbonyl (C=O) groups is 2. The Morgan fingerprint density at radius 3 is 2.09 bits per heavy atom. The Morgan fingerprint density at radius 1 is 1.09 bits per heavy atom. The van der Waals surface area contributed by atoms with E-state index in [9.17, 15) is 9.59 Å². The number of nitrogens with zero attached hydrogens (tertiary/aromatic N) is 1. The smallest absolute Gasteiger partial charge is 0.410 e. The van der Waals surface area contributed by atoms with Crippen molar-refractivity contribution in [1.82, 2.24) is 10.2 Å². The highest BCUT2D eigenvalue weighted by atomic mass is 16.6. The van der Waals surface area contributed by atoms with E-state index in [4.69, 9.17) is 4.74 Å². The van der Waals surface area contributed by atoms with Crippen molar-refractivity contribution in [3.63, 3.8) is 0 Å². The molecule has 3 aliphatic rings. The monoisotopic (exact) mass is 308 g/mol. The minimum absolute atomic E-state index is 0.194. The average molecular weight is 308 g/mol. The molecule has 2 amide bonds. The Bertz CT molecular complexity index is 457. The number of fused-ring (bicyclic) bond motifs is 2. The highest BCUT2D eigenvalue weighted by Gasteiger charge is 2.46. The third kappa shape index (κ3) is 3.23. The average Bonchev–Trinajstić information content (AvgIpc) is 3.04. The number of rotatable bonds is 2. The fourth-order valence-corrected chi connectivity index (χ4v) is 3.90. The lowest BCUT2D eigenvalue weighted by atomic mass is 9.97. The van der Waals surface area contributed by atoms with E-state index in [1.165, 1.54) is 0 Å². The number of nitrogens with one attached hydrogen (secondary N) is 1. The molecule has 5 heteroatoms. The molecule has 1 saturated carbocycles. The fraction of sp³-hybridized carbons (Fsp3) is 0.882. The number of hydrogen-bond acceptors (Lipinski definition) is 3. The SMILES string of the molecule is C[C@@H]1C[C@@H]1C(=O)NC1C[C@H]2CC[C@@H](C1)N2C(=O)OC(C)(C)C. The number of piperidine rings is 1. The first-order chi connectivity index (χ1) is 10.2. The summed E-state index contributed by atoms with van der Waals surface area (Å²) in [5, 5.41) is 3.20. The molecule has 0 aromatic heterocycles. The minimum atomic E-state index is -0.455. The Labute approximate surface area is 132 Å². The van der Waals surface area contributed by atoms with Gasteiger partial charge in [0.25, 0.3) is 0 Å². The van der Waals surface area contributed by atoms with E-state index < -0.39 is 5.60 Å². The van der Waals surface area contributed by atoms with Gasteiger partial charge in [0, 0.05) is 24.0 Å². The van der Waals surface area contributed by atoms with Gasteiger partial charge >= 0.3 is 6.09 Å². The fourth-order valence-electron chi connectivity index (χ4n) is 3.90. The first kappa shape index (κ1) is 15.6. The zero-order valence-electron chi connectivity index (χ0n) is 14.1. The quantitative estimate of drug-likeness (QED) is 0.853. The lowest BCUT2D eigenvalue weighted by Crippen LogP contribution is -2.53. The van der Waals surface area contributed by atoms with E-state index in [1.54, 1.807) is 0 Å². The molecule has 1 unspecified atom stereocenters. The van der Waals surface area contributed by atoms with Crippen LogP contribution in [0.15, 0.2) is 0 Å². The number of hydrogen-bond donors (Lipinski definition) is 1. The van der Waals surface area contributed by atoms with Crippen molar-refractivity contribution < 1.29 is 14.3 Å². The van der Waals surface area contributed by atoms with Crippen LogP contribution in [0.4, 0.5) is 4.79 Å². The Kier molecular flexibility index (Phi) is 3.86. The van der Waals surface area contributed by atoms with Crippen molar-refractivity contribution >= 4 is 12.0 Å². The second kappa shape index (κ2) is 5.43. The minimum Gasteiger partial charge on any atom is -0.444 e. The van der Waals surface area contributed by atoms with Crippen molar-refractivity contribution in [1.29, 1.82) is 0 Å². The number of amides is 2. The van der Waals surface area contributed by atoms with Gasteiger partial charge in [-0.1, -0.05) is 6.92 Å². The molecule has 1 N–H and O–H groups in total. The summed E-state index contributed by atoms with van der Waals surface area (Å²) in [4.78, 5) is 26.4. The molecule has 2 bridgehead atoms. The molecule has 0 aromatic carbocycles. The Morgan fingerprint density at radius 2 is 1.64 bits per heavy atom. The van der Waals surface area contributed by atoms with Gasteiger partial charge in [-0.2, -0.15) is 0 Å². The van der Waals surface area contributed by atoms with Gasteiger partial charge in [0.05, 0.1) is 0 Å². The highest BCUT2D eigenvalue weighted by molar-refractivity contribution is 5.81. The molecule has 5 nitrogen and oxygen atoms in total. The standard InChI is InChI=1S/C17H28N2O3/c1-10-7-14(10)15(20)18-11-8-12-5-6-13(9-11)19(12)16(21)22-17(2,3)4/h10-14H,5-9H2,1-4H3,(H,18,20)/t10-,11?,12-,13+,14+/m1/s1. The molecule has 0 aromatic rings. The summed E-state index contributed by atoms with van der Waals surface area (Å²) < 4.78 is 5.54. The normalized spacial score (nSPS) is 36.9. The van der Waals surface area contributed by atoms with Gasteiger partial charge in [-0.3, -0.25) is 4.79 Å². The van der Waals surface area contributed by atoms with Crippen LogP contribution in [0.2, 0.25) is 0 Å². The van der Waals surface area contributed by atoms with Crippen LogP contribution in [0.3, 0.4) is 0 Å². The largest absolute Gasteiger partial charge is 0.444 e. The van der Waals surface area contributed by atoms with E-state index in [2.05, 4.69) is 12.2 Å². The van der Waals surface area contributed by atoms with Gasteiger partial charge in [-0.05, 0) is 58.8 Å². The molecule has 2 aliphatic heterocycles. The summed E-state index contributed by atoms with van der Waals surface area (Å²) in [7, 11) is 0. The summed E-state index contributed by atoms with van der Waals surface area (Å²) in [5.41, 5.74) is -0.455. The molecule has 2 saturated heterocycles. The van der Waals surface area contributed by atoms with Crippen LogP contribution in [0.1, 0.15) is 59.8 Å². The number of ether oxygens (including phenoxy) is 1. The second-order valence-electron chi connectivity index (χ2n) is 8.27. The van der Waals surface area contributed by atoms with Gasteiger partial charge < -0.3 is 15.0 Å². The Hall–Kier alpha value is -1.26. The molecule has 124 valence electrons. The van der Waals surface area contributed by atoms with Crippen molar-refractivity contribution in [3.8, 4) is 0 Å². The van der Waals surface area contributed by atoms with Gasteiger partial charge in [0.15, 0.2) is 0 Å². The first-order valence-corrected chi connectivity index (χ1v) is 8.56. The van der Waals surface area contributed by atoms with E-state index in [1.807, 2.05) is 25.7 Å². The summed E-state index contributed by atoms with van der Waals surface area (Å²) in [5.74, 6) is 0.975. The Balaban J connectivity index is 1.57. The maximum absolute atomic E-state index is 12.4. The van der Waals surface area contributed by atoms with Crippen LogP contribution >= 0.6 is 0 Å². The molecule has 22 heavy (non-hydrogen) atoms. The summed E-state index contributed by atoms with van der Waals surface area (Å²) in [6.45, 7) is 7.82. The van der Waals surface area contributed by atoms with Crippen LogP contribution in [0.5, 0.6) is 0 Å². The molecular weight excluding hydrogens is 280 g/mol. The third-order valence-electron chi connectivity index (χ3n) is 5.13. The molecule has 1 aliphatic carbocycles. The topological polar surface area (TPSA) is 58.6 Å². The van der Waals surface area contributed by atoms with Gasteiger partial charge in [-0.25, -0.2) is 4.79 Å². The number of carbonyl (C=O) groups excluding carboxylic acids is 2. The molecule has 0 radical (unpaired) electrons. The first-order valence-electron chi connectivity index (χ1n) is 8.56. The second-order valence-corrected chi connectivity index (χ2v) is 8.27. The van der Waals surface area contributed by atoms with Crippen LogP contribution < -0.4 is 5.32 Å². The van der Waals surface area contributed by atoms with Crippen LogP contribution in [-0.4, -0.2) is 40.6 Å². The maximum atomic E-state index is 12.4. The zero-order chi connectivity index (χ0) is 16.1. The van der Waals surface area contributed by atoms with Crippen molar-refractivity contribution in [2.24, 2.45) is 11.8 Å². The van der Waals surface area contributed by atoms with Crippen LogP contribution in [0, 0.1) is 11.8 Å². The maximum Gasteiger partial charge on any atom is 0.410 e. The van der Waals surface area contributed by atoms with E-state index >= 15 is 0 Å². The lowest BCUT2D eigenvalue weighted by molar-refractivity contribution is -0.123. The summed E-state index contributed by atoms with van der Waals surface area (Å²) >= 11 is 0. The molecule has 2 heterocycles. The molecular formula is C17H28N2O3. The molecule has 0 spiro atoms. The van der Waals surface area contributed by atoms with Gasteiger partial charge in [0.2, 0.25) is 5.91 Å².